The maximum atomic E-state index is 12.3. The van der Waals surface area contributed by atoms with E-state index >= 15 is 0 Å². The lowest BCUT2D eigenvalue weighted by atomic mass is 10.0. The third-order valence-corrected chi connectivity index (χ3v) is 4.66. The SMILES string of the molecule is CC[C@@H](C)[C@@H](NS(=O)(=O)c1cccc(C#N)c1)C(=O)OC. The van der Waals surface area contributed by atoms with Gasteiger partial charge >= 0.3 is 5.97 Å². The Bertz CT molecular complexity index is 649. The van der Waals surface area contributed by atoms with Gasteiger partial charge in [0.15, 0.2) is 0 Å². The molecular formula is C14H18N2O4S. The van der Waals surface area contributed by atoms with Crippen LogP contribution in [-0.2, 0) is 19.6 Å². The van der Waals surface area contributed by atoms with Gasteiger partial charge in [-0.3, -0.25) is 4.79 Å². The summed E-state index contributed by atoms with van der Waals surface area (Å²) < 4.78 is 31.6. The Hall–Kier alpha value is -1.91. The third kappa shape index (κ3) is 4.28. The maximum absolute atomic E-state index is 12.3. The molecule has 21 heavy (non-hydrogen) atoms. The molecule has 0 bridgehead atoms. The summed E-state index contributed by atoms with van der Waals surface area (Å²) in [6, 6.07) is 6.52. The Labute approximate surface area is 124 Å². The van der Waals surface area contributed by atoms with E-state index in [4.69, 9.17) is 5.26 Å². The minimum absolute atomic E-state index is 0.0567. The summed E-state index contributed by atoms with van der Waals surface area (Å²) in [4.78, 5) is 11.7. The van der Waals surface area contributed by atoms with Gasteiger partial charge in [0.1, 0.15) is 6.04 Å². The quantitative estimate of drug-likeness (QED) is 0.802. The van der Waals surface area contributed by atoms with Gasteiger partial charge in [-0.05, 0) is 24.1 Å². The predicted molar refractivity (Wildman–Crippen MR) is 76.7 cm³/mol. The first-order chi connectivity index (χ1) is 9.85. The van der Waals surface area contributed by atoms with Crippen molar-refractivity contribution >= 4 is 16.0 Å². The number of esters is 1. The van der Waals surface area contributed by atoms with Crippen molar-refractivity contribution in [2.45, 2.75) is 31.2 Å². The number of nitriles is 1. The van der Waals surface area contributed by atoms with E-state index in [2.05, 4.69) is 9.46 Å². The monoisotopic (exact) mass is 310 g/mol. The van der Waals surface area contributed by atoms with E-state index in [1.54, 1.807) is 6.92 Å². The van der Waals surface area contributed by atoms with Gasteiger partial charge in [-0.2, -0.15) is 9.98 Å². The third-order valence-electron chi connectivity index (χ3n) is 3.22. The molecule has 6 nitrogen and oxygen atoms in total. The highest BCUT2D eigenvalue weighted by Crippen LogP contribution is 2.15. The largest absolute Gasteiger partial charge is 0.468 e. The van der Waals surface area contributed by atoms with E-state index < -0.39 is 22.0 Å². The number of benzene rings is 1. The number of nitrogens with zero attached hydrogens (tertiary/aromatic N) is 1. The molecular weight excluding hydrogens is 292 g/mol. The Kier molecular flexibility index (Phi) is 5.88. The van der Waals surface area contributed by atoms with Crippen LogP contribution in [0.1, 0.15) is 25.8 Å². The minimum atomic E-state index is -3.90. The van der Waals surface area contributed by atoms with Crippen LogP contribution in [0.4, 0.5) is 0 Å². The number of nitrogens with one attached hydrogen (secondary N) is 1. The summed E-state index contributed by atoms with van der Waals surface area (Å²) in [6.45, 7) is 3.61. The van der Waals surface area contributed by atoms with Crippen molar-refractivity contribution < 1.29 is 17.9 Å². The smallest absolute Gasteiger partial charge is 0.324 e. The van der Waals surface area contributed by atoms with Gasteiger partial charge < -0.3 is 4.74 Å². The van der Waals surface area contributed by atoms with E-state index in [1.807, 2.05) is 13.0 Å². The number of carbonyl (C=O) groups is 1. The highest BCUT2D eigenvalue weighted by Gasteiger charge is 2.30. The number of methoxy groups -OCH3 is 1. The average molecular weight is 310 g/mol. The average Bonchev–Trinajstić information content (AvgIpc) is 2.51. The molecule has 0 aliphatic rings. The van der Waals surface area contributed by atoms with Gasteiger partial charge in [0, 0.05) is 0 Å². The van der Waals surface area contributed by atoms with Gasteiger partial charge in [-0.25, -0.2) is 8.42 Å². The van der Waals surface area contributed by atoms with Crippen LogP contribution in [0.25, 0.3) is 0 Å². The molecule has 0 unspecified atom stereocenters. The number of carbonyl (C=O) groups excluding carboxylic acids is 1. The zero-order chi connectivity index (χ0) is 16.0. The van der Waals surface area contributed by atoms with Crippen LogP contribution in [0.15, 0.2) is 29.2 Å². The van der Waals surface area contributed by atoms with E-state index in [1.165, 1.54) is 31.4 Å². The lowest BCUT2D eigenvalue weighted by Crippen LogP contribution is -2.45. The molecule has 1 N–H and O–H groups in total. The van der Waals surface area contributed by atoms with Crippen LogP contribution >= 0.6 is 0 Å². The van der Waals surface area contributed by atoms with Crippen molar-refractivity contribution in [2.75, 3.05) is 7.11 Å². The fourth-order valence-electron chi connectivity index (χ4n) is 1.73. The Balaban J connectivity index is 3.11. The highest BCUT2D eigenvalue weighted by molar-refractivity contribution is 7.89. The van der Waals surface area contributed by atoms with Crippen molar-refractivity contribution in [3.8, 4) is 6.07 Å². The molecule has 0 amide bonds. The van der Waals surface area contributed by atoms with Crippen molar-refractivity contribution in [1.82, 2.24) is 4.72 Å². The topological polar surface area (TPSA) is 96.3 Å². The van der Waals surface area contributed by atoms with Crippen LogP contribution in [0.2, 0.25) is 0 Å². The number of hydrogen-bond acceptors (Lipinski definition) is 5. The molecule has 0 fully saturated rings. The summed E-state index contributed by atoms with van der Waals surface area (Å²) in [5.74, 6) is -0.851. The van der Waals surface area contributed by atoms with Crippen molar-refractivity contribution in [3.63, 3.8) is 0 Å². The standard InChI is InChI=1S/C14H18N2O4S/c1-4-10(2)13(14(17)20-3)16-21(18,19)12-7-5-6-11(8-12)9-15/h5-8,10,13,16H,4H2,1-3H3/t10-,13-/m1/s1. The molecule has 0 aromatic heterocycles. The molecule has 0 heterocycles. The fourth-order valence-corrected chi connectivity index (χ4v) is 3.07. The first kappa shape index (κ1) is 17.1. The molecule has 0 spiro atoms. The van der Waals surface area contributed by atoms with Gasteiger partial charge in [0.25, 0.3) is 0 Å². The summed E-state index contributed by atoms with van der Waals surface area (Å²) in [5.41, 5.74) is 0.232. The molecule has 0 aliphatic carbocycles. The molecule has 7 heteroatoms. The summed E-state index contributed by atoms with van der Waals surface area (Å²) >= 11 is 0. The zero-order valence-corrected chi connectivity index (χ0v) is 13.0. The molecule has 2 atom stereocenters. The molecule has 1 rings (SSSR count). The van der Waals surface area contributed by atoms with Crippen LogP contribution in [-0.4, -0.2) is 27.5 Å². The summed E-state index contributed by atoms with van der Waals surface area (Å²) in [6.07, 6.45) is 0.612. The maximum Gasteiger partial charge on any atom is 0.324 e. The lowest BCUT2D eigenvalue weighted by molar-refractivity contribution is -0.143. The molecule has 0 saturated heterocycles. The predicted octanol–water partition coefficient (Wildman–Crippen LogP) is 1.42. The number of rotatable bonds is 6. The van der Waals surface area contributed by atoms with E-state index in [0.717, 1.165) is 0 Å². The van der Waals surface area contributed by atoms with Crippen LogP contribution in [0.5, 0.6) is 0 Å². The Morgan fingerprint density at radius 3 is 2.67 bits per heavy atom. The Morgan fingerprint density at radius 1 is 1.48 bits per heavy atom. The fraction of sp³-hybridized carbons (Fsp3) is 0.429. The second-order valence-electron chi connectivity index (χ2n) is 4.65. The molecule has 0 aliphatic heterocycles. The van der Waals surface area contributed by atoms with Crippen molar-refractivity contribution in [3.05, 3.63) is 29.8 Å². The first-order valence-electron chi connectivity index (χ1n) is 6.46. The zero-order valence-electron chi connectivity index (χ0n) is 12.2. The van der Waals surface area contributed by atoms with Gasteiger partial charge in [-0.15, -0.1) is 0 Å². The molecule has 1 aromatic rings. The molecule has 0 radical (unpaired) electrons. The Morgan fingerprint density at radius 2 is 2.14 bits per heavy atom. The van der Waals surface area contributed by atoms with Crippen molar-refractivity contribution in [2.24, 2.45) is 5.92 Å². The second-order valence-corrected chi connectivity index (χ2v) is 6.36. The highest BCUT2D eigenvalue weighted by atomic mass is 32.2. The minimum Gasteiger partial charge on any atom is -0.468 e. The number of ether oxygens (including phenoxy) is 1. The van der Waals surface area contributed by atoms with E-state index in [-0.39, 0.29) is 16.4 Å². The van der Waals surface area contributed by atoms with E-state index in [9.17, 15) is 13.2 Å². The summed E-state index contributed by atoms with van der Waals surface area (Å²) in [5, 5.41) is 8.82. The van der Waals surface area contributed by atoms with Crippen molar-refractivity contribution in [1.29, 1.82) is 5.26 Å². The van der Waals surface area contributed by atoms with Crippen LogP contribution in [0.3, 0.4) is 0 Å². The number of sulfonamides is 1. The molecule has 114 valence electrons. The van der Waals surface area contributed by atoms with Gasteiger partial charge in [0.05, 0.1) is 23.6 Å². The number of hydrogen-bond donors (Lipinski definition) is 1. The molecule has 1 aromatic carbocycles. The normalized spacial score (nSPS) is 14.0. The second kappa shape index (κ2) is 7.20. The van der Waals surface area contributed by atoms with Crippen LogP contribution < -0.4 is 4.72 Å². The van der Waals surface area contributed by atoms with Gasteiger partial charge in [-0.1, -0.05) is 26.3 Å². The lowest BCUT2D eigenvalue weighted by Gasteiger charge is -2.21. The van der Waals surface area contributed by atoms with Gasteiger partial charge in [0.2, 0.25) is 10.0 Å². The first-order valence-corrected chi connectivity index (χ1v) is 7.94. The molecule has 0 saturated carbocycles. The summed E-state index contributed by atoms with van der Waals surface area (Å²) in [7, 11) is -2.69. The van der Waals surface area contributed by atoms with Crippen LogP contribution in [0, 0.1) is 17.2 Å². The van der Waals surface area contributed by atoms with E-state index in [0.29, 0.717) is 6.42 Å².